The molecule has 5 nitrogen and oxygen atoms in total. The van der Waals surface area contributed by atoms with E-state index in [1.807, 2.05) is 4.90 Å². The maximum absolute atomic E-state index is 11.8. The number of likely N-dealkylation sites (tertiary alicyclic amines) is 1. The van der Waals surface area contributed by atoms with Gasteiger partial charge in [0.15, 0.2) is 5.96 Å². The fraction of sp³-hybridized carbons (Fsp3) is 0.429. The van der Waals surface area contributed by atoms with E-state index in [1.165, 1.54) is 10.4 Å². The SMILES string of the molecule is CCNC(=NCc1cccc(CN2CCCC2=O)c1)NC(C)c1cccs1.I. The van der Waals surface area contributed by atoms with Crippen molar-refractivity contribution < 1.29 is 4.79 Å². The highest BCUT2D eigenvalue weighted by atomic mass is 127. The van der Waals surface area contributed by atoms with E-state index in [1.54, 1.807) is 11.3 Å². The Bertz CT molecular complexity index is 778. The van der Waals surface area contributed by atoms with Crippen LogP contribution in [0.25, 0.3) is 0 Å². The molecule has 1 fully saturated rings. The number of carbonyl (C=O) groups excluding carboxylic acids is 1. The summed E-state index contributed by atoms with van der Waals surface area (Å²) in [5.74, 6) is 1.08. The zero-order valence-corrected chi connectivity index (χ0v) is 19.6. The van der Waals surface area contributed by atoms with Crippen molar-refractivity contribution in [2.24, 2.45) is 4.99 Å². The highest BCUT2D eigenvalue weighted by Crippen LogP contribution is 2.18. The van der Waals surface area contributed by atoms with Crippen molar-refractivity contribution in [3.8, 4) is 0 Å². The first kappa shape index (κ1) is 22.7. The van der Waals surface area contributed by atoms with Crippen molar-refractivity contribution in [3.05, 3.63) is 57.8 Å². The van der Waals surface area contributed by atoms with E-state index in [9.17, 15) is 4.79 Å². The first-order valence-corrected chi connectivity index (χ1v) is 10.5. The Morgan fingerprint density at radius 1 is 1.29 bits per heavy atom. The number of hydrogen-bond donors (Lipinski definition) is 2. The van der Waals surface area contributed by atoms with Gasteiger partial charge < -0.3 is 15.5 Å². The molecule has 3 rings (SSSR count). The zero-order chi connectivity index (χ0) is 19.1. The van der Waals surface area contributed by atoms with Crippen molar-refractivity contribution in [1.29, 1.82) is 0 Å². The van der Waals surface area contributed by atoms with Crippen molar-refractivity contribution >= 4 is 47.2 Å². The maximum atomic E-state index is 11.8. The summed E-state index contributed by atoms with van der Waals surface area (Å²) >= 11 is 1.75. The van der Waals surface area contributed by atoms with Crippen molar-refractivity contribution in [1.82, 2.24) is 15.5 Å². The van der Waals surface area contributed by atoms with Crippen LogP contribution in [0.15, 0.2) is 46.8 Å². The second-order valence-electron chi connectivity index (χ2n) is 6.82. The third kappa shape index (κ3) is 6.48. The molecule has 1 aromatic carbocycles. The molecule has 2 aromatic rings. The van der Waals surface area contributed by atoms with Crippen LogP contribution in [0.4, 0.5) is 0 Å². The van der Waals surface area contributed by atoms with Crippen LogP contribution >= 0.6 is 35.3 Å². The number of halogens is 1. The van der Waals surface area contributed by atoms with Gasteiger partial charge in [0.2, 0.25) is 5.91 Å². The van der Waals surface area contributed by atoms with E-state index in [0.29, 0.717) is 19.5 Å². The molecule has 0 bridgehead atoms. The second kappa shape index (κ2) is 11.4. The molecule has 1 atom stereocenters. The van der Waals surface area contributed by atoms with Crippen molar-refractivity contribution in [3.63, 3.8) is 0 Å². The lowest BCUT2D eigenvalue weighted by Crippen LogP contribution is -2.38. The van der Waals surface area contributed by atoms with Gasteiger partial charge in [-0.15, -0.1) is 35.3 Å². The van der Waals surface area contributed by atoms with E-state index >= 15 is 0 Å². The van der Waals surface area contributed by atoms with E-state index in [2.05, 4.69) is 66.3 Å². The minimum absolute atomic E-state index is 0. The van der Waals surface area contributed by atoms with E-state index in [4.69, 9.17) is 4.99 Å². The predicted molar refractivity (Wildman–Crippen MR) is 127 cm³/mol. The van der Waals surface area contributed by atoms with Crippen molar-refractivity contribution in [2.75, 3.05) is 13.1 Å². The largest absolute Gasteiger partial charge is 0.357 e. The zero-order valence-electron chi connectivity index (χ0n) is 16.5. The standard InChI is InChI=1S/C21H28N4OS.HI/c1-3-22-21(24-16(2)19-9-6-12-27-19)23-14-17-7-4-8-18(13-17)15-25-11-5-10-20(25)26;/h4,6-9,12-13,16H,3,5,10-11,14-15H2,1-2H3,(H2,22,23,24);1H. The van der Waals surface area contributed by atoms with Crippen LogP contribution in [-0.4, -0.2) is 29.9 Å². The second-order valence-corrected chi connectivity index (χ2v) is 7.79. The lowest BCUT2D eigenvalue weighted by molar-refractivity contribution is -0.128. The summed E-state index contributed by atoms with van der Waals surface area (Å²) in [5, 5.41) is 8.87. The number of benzene rings is 1. The molecule has 0 saturated carbocycles. The smallest absolute Gasteiger partial charge is 0.222 e. The average molecular weight is 512 g/mol. The third-order valence-corrected chi connectivity index (χ3v) is 5.68. The summed E-state index contributed by atoms with van der Waals surface area (Å²) in [7, 11) is 0. The third-order valence-electron chi connectivity index (χ3n) is 4.62. The van der Waals surface area contributed by atoms with Gasteiger partial charge in [-0.1, -0.05) is 30.3 Å². The first-order chi connectivity index (χ1) is 13.2. The van der Waals surface area contributed by atoms with E-state index < -0.39 is 0 Å². The summed E-state index contributed by atoms with van der Waals surface area (Å²) in [5.41, 5.74) is 2.32. The number of amides is 1. The molecule has 1 saturated heterocycles. The molecule has 1 unspecified atom stereocenters. The van der Waals surface area contributed by atoms with Crippen LogP contribution in [0.5, 0.6) is 0 Å². The summed E-state index contributed by atoms with van der Waals surface area (Å²) < 4.78 is 0. The molecule has 0 spiro atoms. The summed E-state index contributed by atoms with van der Waals surface area (Å²) in [6.07, 6.45) is 1.66. The lowest BCUT2D eigenvalue weighted by atomic mass is 10.1. The van der Waals surface area contributed by atoms with Crippen LogP contribution in [0.3, 0.4) is 0 Å². The van der Waals surface area contributed by atoms with Crippen LogP contribution < -0.4 is 10.6 Å². The molecular formula is C21H29IN4OS. The Balaban J connectivity index is 0.00000280. The number of hydrogen-bond acceptors (Lipinski definition) is 3. The first-order valence-electron chi connectivity index (χ1n) is 9.59. The molecule has 0 radical (unpaired) electrons. The van der Waals surface area contributed by atoms with Gasteiger partial charge in [0, 0.05) is 30.9 Å². The molecule has 0 aliphatic carbocycles. The molecule has 7 heteroatoms. The quantitative estimate of drug-likeness (QED) is 0.331. The highest BCUT2D eigenvalue weighted by molar-refractivity contribution is 14.0. The number of rotatable bonds is 7. The highest BCUT2D eigenvalue weighted by Gasteiger charge is 2.19. The van der Waals surface area contributed by atoms with Gasteiger partial charge in [-0.3, -0.25) is 4.79 Å². The van der Waals surface area contributed by atoms with Gasteiger partial charge in [-0.25, -0.2) is 4.99 Å². The number of carbonyl (C=O) groups is 1. The average Bonchev–Trinajstić information content (AvgIpc) is 3.33. The van der Waals surface area contributed by atoms with Gasteiger partial charge >= 0.3 is 0 Å². The molecule has 1 aliphatic rings. The Hall–Kier alpha value is -1.61. The normalized spacial score (nSPS) is 15.3. The molecule has 28 heavy (non-hydrogen) atoms. The van der Waals surface area contributed by atoms with Crippen LogP contribution in [0.1, 0.15) is 48.7 Å². The minimum atomic E-state index is 0. The number of guanidine groups is 1. The lowest BCUT2D eigenvalue weighted by Gasteiger charge is -2.17. The molecule has 152 valence electrons. The molecule has 2 heterocycles. The molecular weight excluding hydrogens is 483 g/mol. The Labute approximate surface area is 188 Å². The van der Waals surface area contributed by atoms with Crippen LogP contribution in [0.2, 0.25) is 0 Å². The van der Waals surface area contributed by atoms with E-state index in [0.717, 1.165) is 31.0 Å². The van der Waals surface area contributed by atoms with Crippen molar-refractivity contribution in [2.45, 2.75) is 45.8 Å². The topological polar surface area (TPSA) is 56.7 Å². The van der Waals surface area contributed by atoms with Gasteiger partial charge in [-0.2, -0.15) is 0 Å². The Kier molecular flexibility index (Phi) is 9.24. The van der Waals surface area contributed by atoms with Gasteiger partial charge in [0.1, 0.15) is 0 Å². The number of thiophene rings is 1. The minimum Gasteiger partial charge on any atom is -0.357 e. The molecule has 1 amide bonds. The molecule has 2 N–H and O–H groups in total. The van der Waals surface area contributed by atoms with E-state index in [-0.39, 0.29) is 35.9 Å². The van der Waals surface area contributed by atoms with Gasteiger partial charge in [0.05, 0.1) is 12.6 Å². The fourth-order valence-corrected chi connectivity index (χ4v) is 3.96. The number of nitrogens with zero attached hydrogens (tertiary/aromatic N) is 2. The monoisotopic (exact) mass is 512 g/mol. The Morgan fingerprint density at radius 3 is 2.79 bits per heavy atom. The van der Waals surface area contributed by atoms with Gasteiger partial charge in [-0.05, 0) is 42.8 Å². The van der Waals surface area contributed by atoms with Gasteiger partial charge in [0.25, 0.3) is 0 Å². The van der Waals surface area contributed by atoms with Crippen LogP contribution in [0, 0.1) is 0 Å². The number of aliphatic imine (C=N–C) groups is 1. The molecule has 1 aliphatic heterocycles. The number of nitrogens with one attached hydrogen (secondary N) is 2. The summed E-state index contributed by atoms with van der Waals surface area (Å²) in [6, 6.07) is 12.8. The predicted octanol–water partition coefficient (Wildman–Crippen LogP) is 4.30. The maximum Gasteiger partial charge on any atom is 0.222 e. The molecule has 1 aromatic heterocycles. The van der Waals surface area contributed by atoms with Crippen LogP contribution in [-0.2, 0) is 17.9 Å². The summed E-state index contributed by atoms with van der Waals surface area (Å²) in [4.78, 5) is 19.8. The summed E-state index contributed by atoms with van der Waals surface area (Å²) in [6.45, 7) is 7.21. The fourth-order valence-electron chi connectivity index (χ4n) is 3.22. The Morgan fingerprint density at radius 2 is 2.11 bits per heavy atom.